The van der Waals surface area contributed by atoms with Gasteiger partial charge in [-0.05, 0) is 31.5 Å². The molecule has 3 nitrogen and oxygen atoms in total. The van der Waals surface area contributed by atoms with Crippen molar-refractivity contribution in [1.82, 2.24) is 4.98 Å². The molecule has 0 aliphatic carbocycles. The molecule has 0 unspecified atom stereocenters. The Balaban J connectivity index is 2.17. The van der Waals surface area contributed by atoms with Crippen LogP contribution in [0.5, 0.6) is 5.75 Å². The van der Waals surface area contributed by atoms with Gasteiger partial charge in [0.1, 0.15) is 11.3 Å². The van der Waals surface area contributed by atoms with E-state index in [9.17, 15) is 0 Å². The Morgan fingerprint density at radius 3 is 2.67 bits per heavy atom. The van der Waals surface area contributed by atoms with Crippen LogP contribution in [-0.4, -0.2) is 12.1 Å². The summed E-state index contributed by atoms with van der Waals surface area (Å²) in [5.41, 5.74) is 6.08. The second-order valence-electron chi connectivity index (χ2n) is 5.57. The number of rotatable bonds is 1. The molecule has 3 heterocycles. The SMILES string of the molecule is COc1ccc2c(c1)[nH]c1c2cc[n+]2cc(C)c(C)cc12. The third kappa shape index (κ3) is 1.70. The maximum Gasteiger partial charge on any atom is 0.235 e. The topological polar surface area (TPSA) is 29.1 Å². The Labute approximate surface area is 122 Å². The minimum atomic E-state index is 0.873. The summed E-state index contributed by atoms with van der Waals surface area (Å²) in [4.78, 5) is 3.54. The van der Waals surface area contributed by atoms with Gasteiger partial charge in [0.05, 0.1) is 12.6 Å². The Bertz CT molecular complexity index is 999. The lowest BCUT2D eigenvalue weighted by molar-refractivity contribution is -0.511. The van der Waals surface area contributed by atoms with Crippen LogP contribution < -0.4 is 9.14 Å². The van der Waals surface area contributed by atoms with Gasteiger partial charge in [-0.25, -0.2) is 0 Å². The fourth-order valence-electron chi connectivity index (χ4n) is 2.95. The van der Waals surface area contributed by atoms with Crippen LogP contribution in [0.1, 0.15) is 11.1 Å². The number of aromatic nitrogens is 2. The van der Waals surface area contributed by atoms with Crippen LogP contribution in [0.3, 0.4) is 0 Å². The molecule has 0 saturated heterocycles. The average Bonchev–Trinajstić information content (AvgIpc) is 2.86. The maximum atomic E-state index is 5.32. The maximum absolute atomic E-state index is 5.32. The summed E-state index contributed by atoms with van der Waals surface area (Å²) < 4.78 is 7.49. The van der Waals surface area contributed by atoms with Crippen LogP contribution >= 0.6 is 0 Å². The van der Waals surface area contributed by atoms with Gasteiger partial charge in [0, 0.05) is 34.5 Å². The first-order chi connectivity index (χ1) is 10.2. The molecule has 1 aromatic carbocycles. The van der Waals surface area contributed by atoms with Crippen LogP contribution in [-0.2, 0) is 0 Å². The first-order valence-electron chi connectivity index (χ1n) is 7.08. The molecular formula is C18H17N2O+. The van der Waals surface area contributed by atoms with E-state index in [-0.39, 0.29) is 0 Å². The summed E-state index contributed by atoms with van der Waals surface area (Å²) in [5, 5.41) is 2.47. The zero-order valence-corrected chi connectivity index (χ0v) is 12.4. The largest absolute Gasteiger partial charge is 0.497 e. The summed E-state index contributed by atoms with van der Waals surface area (Å²) >= 11 is 0. The highest BCUT2D eigenvalue weighted by Crippen LogP contribution is 2.29. The molecule has 0 aliphatic rings. The van der Waals surface area contributed by atoms with Crippen molar-refractivity contribution in [3.05, 3.63) is 53.9 Å². The molecule has 0 aliphatic heterocycles. The normalized spacial score (nSPS) is 11.6. The summed E-state index contributed by atoms with van der Waals surface area (Å²) in [7, 11) is 1.70. The second kappa shape index (κ2) is 4.22. The minimum absolute atomic E-state index is 0.873. The Morgan fingerprint density at radius 1 is 1.00 bits per heavy atom. The highest BCUT2D eigenvalue weighted by Gasteiger charge is 2.14. The van der Waals surface area contributed by atoms with E-state index in [0.717, 1.165) is 11.3 Å². The quantitative estimate of drug-likeness (QED) is 0.528. The van der Waals surface area contributed by atoms with E-state index >= 15 is 0 Å². The molecule has 1 N–H and O–H groups in total. The predicted octanol–water partition coefficient (Wildman–Crippen LogP) is 3.69. The monoisotopic (exact) mass is 277 g/mol. The molecule has 3 aromatic heterocycles. The second-order valence-corrected chi connectivity index (χ2v) is 5.57. The number of hydrogen-bond acceptors (Lipinski definition) is 1. The molecule has 4 rings (SSSR count). The van der Waals surface area contributed by atoms with Crippen LogP contribution in [0.25, 0.3) is 27.3 Å². The van der Waals surface area contributed by atoms with Gasteiger partial charge in [-0.3, -0.25) is 0 Å². The van der Waals surface area contributed by atoms with Crippen molar-refractivity contribution in [3.63, 3.8) is 0 Å². The van der Waals surface area contributed by atoms with Gasteiger partial charge in [-0.1, -0.05) is 0 Å². The zero-order valence-electron chi connectivity index (χ0n) is 12.4. The number of aromatic amines is 1. The Kier molecular flexibility index (Phi) is 2.45. The van der Waals surface area contributed by atoms with E-state index < -0.39 is 0 Å². The molecule has 4 aromatic rings. The van der Waals surface area contributed by atoms with Crippen LogP contribution in [0, 0.1) is 13.8 Å². The number of ether oxygens (including phenoxy) is 1. The first kappa shape index (κ1) is 12.2. The number of H-pyrrole nitrogens is 1. The number of pyridine rings is 2. The van der Waals surface area contributed by atoms with Gasteiger partial charge in [0.25, 0.3) is 0 Å². The molecule has 0 spiro atoms. The molecule has 0 fully saturated rings. The van der Waals surface area contributed by atoms with Gasteiger partial charge in [0.15, 0.2) is 12.4 Å². The smallest absolute Gasteiger partial charge is 0.235 e. The number of aryl methyl sites for hydroxylation is 2. The van der Waals surface area contributed by atoms with Gasteiger partial charge >= 0.3 is 0 Å². The van der Waals surface area contributed by atoms with Gasteiger partial charge in [-0.2, -0.15) is 4.40 Å². The first-order valence-corrected chi connectivity index (χ1v) is 7.08. The van der Waals surface area contributed by atoms with Crippen molar-refractivity contribution in [3.8, 4) is 5.75 Å². The summed E-state index contributed by atoms with van der Waals surface area (Å²) in [5.74, 6) is 0.873. The zero-order chi connectivity index (χ0) is 14.6. The molecule has 0 saturated carbocycles. The number of hydrogen-bond donors (Lipinski definition) is 1. The van der Waals surface area contributed by atoms with E-state index in [0.29, 0.717) is 0 Å². The summed E-state index contributed by atoms with van der Waals surface area (Å²) in [6.45, 7) is 4.29. The van der Waals surface area contributed by atoms with Gasteiger partial charge < -0.3 is 9.72 Å². The van der Waals surface area contributed by atoms with E-state index in [1.165, 1.54) is 32.9 Å². The minimum Gasteiger partial charge on any atom is -0.497 e. The van der Waals surface area contributed by atoms with Crippen molar-refractivity contribution < 1.29 is 9.14 Å². The number of methoxy groups -OCH3 is 1. The van der Waals surface area contributed by atoms with Gasteiger partial charge in [-0.15, -0.1) is 0 Å². The molecule has 0 atom stereocenters. The van der Waals surface area contributed by atoms with Crippen LogP contribution in [0.4, 0.5) is 0 Å². The summed E-state index contributed by atoms with van der Waals surface area (Å²) in [6.07, 6.45) is 4.30. The van der Waals surface area contributed by atoms with E-state index in [1.54, 1.807) is 7.11 Å². The highest BCUT2D eigenvalue weighted by atomic mass is 16.5. The molecular weight excluding hydrogens is 260 g/mol. The molecule has 0 radical (unpaired) electrons. The number of nitrogens with one attached hydrogen (secondary N) is 1. The molecule has 104 valence electrons. The van der Waals surface area contributed by atoms with Crippen molar-refractivity contribution in [2.75, 3.05) is 7.11 Å². The van der Waals surface area contributed by atoms with E-state index in [1.807, 2.05) is 12.1 Å². The number of fused-ring (bicyclic) bond motifs is 5. The van der Waals surface area contributed by atoms with Crippen LogP contribution in [0.15, 0.2) is 42.7 Å². The number of benzene rings is 1. The third-order valence-electron chi connectivity index (χ3n) is 4.29. The van der Waals surface area contributed by atoms with Crippen molar-refractivity contribution in [2.45, 2.75) is 13.8 Å². The molecule has 3 heteroatoms. The standard InChI is InChI=1S/C18H16N2O/c1-11-8-17-18-15(6-7-20(17)10-12(11)2)14-5-4-13(21-3)9-16(14)19-18/h4-10H,1-3H3/p+1. The average molecular weight is 277 g/mol. The Morgan fingerprint density at radius 2 is 1.86 bits per heavy atom. The predicted molar refractivity (Wildman–Crippen MR) is 85.0 cm³/mol. The fraction of sp³-hybridized carbons (Fsp3) is 0.167. The molecule has 0 bridgehead atoms. The fourth-order valence-corrected chi connectivity index (χ4v) is 2.95. The van der Waals surface area contributed by atoms with Crippen molar-refractivity contribution in [1.29, 1.82) is 0 Å². The van der Waals surface area contributed by atoms with Gasteiger partial charge in [0.2, 0.25) is 5.52 Å². The van der Waals surface area contributed by atoms with E-state index in [4.69, 9.17) is 4.74 Å². The highest BCUT2D eigenvalue weighted by molar-refractivity contribution is 6.11. The lowest BCUT2D eigenvalue weighted by Crippen LogP contribution is -2.21. The summed E-state index contributed by atoms with van der Waals surface area (Å²) in [6, 6.07) is 10.6. The Hall–Kier alpha value is -2.55. The number of nitrogens with zero attached hydrogens (tertiary/aromatic N) is 1. The van der Waals surface area contributed by atoms with Crippen molar-refractivity contribution in [2.24, 2.45) is 0 Å². The molecule has 0 amide bonds. The van der Waals surface area contributed by atoms with Crippen molar-refractivity contribution >= 4 is 27.3 Å². The third-order valence-corrected chi connectivity index (χ3v) is 4.29. The van der Waals surface area contributed by atoms with E-state index in [2.05, 4.69) is 53.8 Å². The lowest BCUT2D eigenvalue weighted by atomic mass is 10.1. The van der Waals surface area contributed by atoms with Crippen LogP contribution in [0.2, 0.25) is 0 Å². The molecule has 21 heavy (non-hydrogen) atoms. The lowest BCUT2D eigenvalue weighted by Gasteiger charge is -1.99.